The van der Waals surface area contributed by atoms with Crippen molar-refractivity contribution in [2.24, 2.45) is 0 Å². The Labute approximate surface area is 196 Å². The van der Waals surface area contributed by atoms with Crippen molar-refractivity contribution in [3.63, 3.8) is 0 Å². The first-order valence-electron chi connectivity index (χ1n) is 10.9. The maximum absolute atomic E-state index is 12.8. The van der Waals surface area contributed by atoms with Gasteiger partial charge in [-0.15, -0.1) is 13.2 Å². The summed E-state index contributed by atoms with van der Waals surface area (Å²) in [7, 11) is 0. The number of halogens is 3. The van der Waals surface area contributed by atoms with Crippen molar-refractivity contribution in [3.05, 3.63) is 59.5 Å². The Morgan fingerprint density at radius 2 is 1.94 bits per heavy atom. The summed E-state index contributed by atoms with van der Waals surface area (Å²) in [6.45, 7) is 0.732. The molecule has 3 aromatic heterocycles. The highest BCUT2D eigenvalue weighted by Gasteiger charge is 2.31. The molecule has 0 saturated carbocycles. The number of hydrogen-bond acceptors (Lipinski definition) is 7. The zero-order valence-electron chi connectivity index (χ0n) is 18.2. The van der Waals surface area contributed by atoms with Gasteiger partial charge in [0.05, 0.1) is 5.52 Å². The number of likely N-dealkylation sites (tertiary alicyclic amines) is 1. The number of ether oxygens (including phenoxy) is 1. The molecule has 1 amide bonds. The molecule has 0 radical (unpaired) electrons. The van der Waals surface area contributed by atoms with Gasteiger partial charge in [0, 0.05) is 30.9 Å². The van der Waals surface area contributed by atoms with Crippen molar-refractivity contribution < 1.29 is 32.3 Å². The van der Waals surface area contributed by atoms with E-state index in [4.69, 9.17) is 4.52 Å². The SMILES string of the molecule is O=C(c1ccc(OC(F)(F)F)cc1)N1CCC(c2ccnc3nc(-c4cc(CO)on4)[nH]c23)CC1. The quantitative estimate of drug-likeness (QED) is 0.437. The van der Waals surface area contributed by atoms with Gasteiger partial charge in [-0.25, -0.2) is 9.97 Å². The summed E-state index contributed by atoms with van der Waals surface area (Å²) >= 11 is 0. The van der Waals surface area contributed by atoms with Crippen LogP contribution in [-0.2, 0) is 6.61 Å². The van der Waals surface area contributed by atoms with E-state index in [1.807, 2.05) is 6.07 Å². The topological polar surface area (TPSA) is 117 Å². The van der Waals surface area contributed by atoms with E-state index in [9.17, 15) is 23.1 Å². The number of aromatic amines is 1. The van der Waals surface area contributed by atoms with E-state index in [0.29, 0.717) is 54.4 Å². The van der Waals surface area contributed by atoms with E-state index in [1.165, 1.54) is 12.1 Å². The first-order chi connectivity index (χ1) is 16.8. The molecule has 35 heavy (non-hydrogen) atoms. The van der Waals surface area contributed by atoms with Gasteiger partial charge >= 0.3 is 6.36 Å². The molecular formula is C23H20F3N5O4. The van der Waals surface area contributed by atoms with Gasteiger partial charge < -0.3 is 24.3 Å². The number of H-pyrrole nitrogens is 1. The number of piperidine rings is 1. The molecule has 0 aliphatic carbocycles. The van der Waals surface area contributed by atoms with Crippen LogP contribution in [0.25, 0.3) is 22.7 Å². The van der Waals surface area contributed by atoms with Gasteiger partial charge in [-0.3, -0.25) is 4.79 Å². The molecule has 0 unspecified atom stereocenters. The predicted molar refractivity (Wildman–Crippen MR) is 116 cm³/mol. The van der Waals surface area contributed by atoms with Gasteiger partial charge in [0.2, 0.25) is 0 Å². The molecule has 1 aliphatic rings. The van der Waals surface area contributed by atoms with Crippen LogP contribution in [0.3, 0.4) is 0 Å². The fraction of sp³-hybridized carbons (Fsp3) is 0.304. The van der Waals surface area contributed by atoms with Gasteiger partial charge in [0.15, 0.2) is 17.2 Å². The first-order valence-corrected chi connectivity index (χ1v) is 10.9. The fourth-order valence-electron chi connectivity index (χ4n) is 4.27. The second kappa shape index (κ2) is 9.02. The highest BCUT2D eigenvalue weighted by atomic mass is 19.4. The molecule has 0 atom stereocenters. The summed E-state index contributed by atoms with van der Waals surface area (Å²) in [6.07, 6.45) is -1.69. The summed E-state index contributed by atoms with van der Waals surface area (Å²) in [4.78, 5) is 26.6. The molecule has 182 valence electrons. The third-order valence-corrected chi connectivity index (χ3v) is 5.94. The zero-order valence-corrected chi connectivity index (χ0v) is 18.2. The number of nitrogens with zero attached hydrogens (tertiary/aromatic N) is 4. The Morgan fingerprint density at radius 3 is 2.60 bits per heavy atom. The molecule has 0 bridgehead atoms. The number of alkyl halides is 3. The molecule has 1 fully saturated rings. The molecule has 1 aliphatic heterocycles. The van der Waals surface area contributed by atoms with Crippen LogP contribution < -0.4 is 4.74 Å². The van der Waals surface area contributed by atoms with Crippen molar-refractivity contribution in [1.82, 2.24) is 25.0 Å². The average Bonchev–Trinajstić information content (AvgIpc) is 3.50. The Balaban J connectivity index is 1.28. The van der Waals surface area contributed by atoms with Crippen LogP contribution in [0, 0.1) is 0 Å². The summed E-state index contributed by atoms with van der Waals surface area (Å²) in [5, 5.41) is 13.1. The van der Waals surface area contributed by atoms with Crippen LogP contribution >= 0.6 is 0 Å². The van der Waals surface area contributed by atoms with Crippen LogP contribution in [0.1, 0.15) is 40.4 Å². The second-order valence-corrected chi connectivity index (χ2v) is 8.16. The van der Waals surface area contributed by atoms with Gasteiger partial charge in [0.1, 0.15) is 18.1 Å². The number of rotatable bonds is 5. The summed E-state index contributed by atoms with van der Waals surface area (Å²) < 4.78 is 45.9. The average molecular weight is 487 g/mol. The number of nitrogens with one attached hydrogen (secondary N) is 1. The third kappa shape index (κ3) is 4.83. The normalized spacial score (nSPS) is 15.0. The van der Waals surface area contributed by atoms with Crippen molar-refractivity contribution in [2.45, 2.75) is 31.7 Å². The van der Waals surface area contributed by atoms with Gasteiger partial charge in [-0.1, -0.05) is 5.16 Å². The van der Waals surface area contributed by atoms with Crippen LogP contribution in [-0.4, -0.2) is 55.5 Å². The van der Waals surface area contributed by atoms with Crippen LogP contribution in [0.15, 0.2) is 47.1 Å². The lowest BCUT2D eigenvalue weighted by Crippen LogP contribution is -2.38. The highest BCUT2D eigenvalue weighted by molar-refractivity contribution is 5.94. The number of aliphatic hydroxyl groups is 1. The van der Waals surface area contributed by atoms with E-state index in [-0.39, 0.29) is 24.2 Å². The largest absolute Gasteiger partial charge is 0.573 e. The van der Waals surface area contributed by atoms with Crippen LogP contribution in [0.5, 0.6) is 5.75 Å². The zero-order chi connectivity index (χ0) is 24.6. The molecule has 0 spiro atoms. The lowest BCUT2D eigenvalue weighted by atomic mass is 9.89. The molecule has 4 heterocycles. The number of amides is 1. The molecule has 1 aromatic carbocycles. The number of hydrogen-bond donors (Lipinski definition) is 2. The van der Waals surface area contributed by atoms with Crippen molar-refractivity contribution in [1.29, 1.82) is 0 Å². The van der Waals surface area contributed by atoms with E-state index in [1.54, 1.807) is 17.2 Å². The molecule has 9 nitrogen and oxygen atoms in total. The van der Waals surface area contributed by atoms with Gasteiger partial charge in [-0.05, 0) is 54.7 Å². The van der Waals surface area contributed by atoms with Gasteiger partial charge in [0.25, 0.3) is 5.91 Å². The number of carbonyl (C=O) groups is 1. The maximum atomic E-state index is 12.8. The molecule has 2 N–H and O–H groups in total. The number of aromatic nitrogens is 4. The Morgan fingerprint density at radius 1 is 1.20 bits per heavy atom. The van der Waals surface area contributed by atoms with Crippen molar-refractivity contribution >= 4 is 17.1 Å². The standard InChI is InChI=1S/C23H20F3N5O4/c24-23(25,26)34-15-3-1-14(2-4-15)22(33)31-9-6-13(7-10-31)17-5-8-27-21-19(17)28-20(29-21)18-11-16(12-32)35-30-18/h1-5,8,11,13,32H,6-7,9-10,12H2,(H,27,28,29). The van der Waals surface area contributed by atoms with Gasteiger partial charge in [-0.2, -0.15) is 0 Å². The number of benzene rings is 1. The van der Waals surface area contributed by atoms with Crippen LogP contribution in [0.2, 0.25) is 0 Å². The number of carbonyl (C=O) groups excluding carboxylic acids is 1. The Hall–Kier alpha value is -3.93. The highest BCUT2D eigenvalue weighted by Crippen LogP contribution is 2.33. The minimum atomic E-state index is -4.78. The second-order valence-electron chi connectivity index (χ2n) is 8.16. The van der Waals surface area contributed by atoms with E-state index in [2.05, 4.69) is 24.8 Å². The lowest BCUT2D eigenvalue weighted by Gasteiger charge is -2.32. The minimum absolute atomic E-state index is 0.158. The van der Waals surface area contributed by atoms with E-state index >= 15 is 0 Å². The Bertz CT molecular complexity index is 1340. The molecule has 12 heteroatoms. The summed E-state index contributed by atoms with van der Waals surface area (Å²) in [6, 6.07) is 8.46. The van der Waals surface area contributed by atoms with Crippen molar-refractivity contribution in [3.8, 4) is 17.3 Å². The molecule has 4 aromatic rings. The summed E-state index contributed by atoms with van der Waals surface area (Å²) in [5.41, 5.74) is 3.11. The number of aliphatic hydroxyl groups excluding tert-OH is 1. The number of pyridine rings is 1. The lowest BCUT2D eigenvalue weighted by molar-refractivity contribution is -0.274. The van der Waals surface area contributed by atoms with E-state index < -0.39 is 6.36 Å². The van der Waals surface area contributed by atoms with Crippen molar-refractivity contribution in [2.75, 3.05) is 13.1 Å². The smallest absolute Gasteiger partial charge is 0.406 e. The predicted octanol–water partition coefficient (Wildman–Crippen LogP) is 4.02. The molecule has 5 rings (SSSR count). The maximum Gasteiger partial charge on any atom is 0.573 e. The summed E-state index contributed by atoms with van der Waals surface area (Å²) in [5.74, 6) is 0.357. The number of imidazole rings is 1. The molecule has 1 saturated heterocycles. The first kappa shape index (κ1) is 22.8. The number of fused-ring (bicyclic) bond motifs is 1. The molecular weight excluding hydrogens is 467 g/mol. The van der Waals surface area contributed by atoms with E-state index in [0.717, 1.165) is 23.2 Å². The minimum Gasteiger partial charge on any atom is -0.406 e. The van der Waals surface area contributed by atoms with Crippen LogP contribution in [0.4, 0.5) is 13.2 Å². The monoisotopic (exact) mass is 487 g/mol. The fourth-order valence-corrected chi connectivity index (χ4v) is 4.27. The third-order valence-electron chi connectivity index (χ3n) is 5.94. The Kier molecular flexibility index (Phi) is 5.89.